The van der Waals surface area contributed by atoms with Crippen LogP contribution in [0.2, 0.25) is 0 Å². The highest BCUT2D eigenvalue weighted by atomic mass is 32.2. The van der Waals surface area contributed by atoms with Crippen LogP contribution in [0.25, 0.3) is 0 Å². The van der Waals surface area contributed by atoms with Crippen molar-refractivity contribution in [2.24, 2.45) is 21.7 Å². The second kappa shape index (κ2) is 5.54. The van der Waals surface area contributed by atoms with Crippen LogP contribution in [-0.2, 0) is 20.2 Å². The number of benzene rings is 1. The maximum Gasteiger partial charge on any atom is 0.211 e. The third-order valence-electron chi connectivity index (χ3n) is 1.91. The Balaban J connectivity index is 3.50. The summed E-state index contributed by atoms with van der Waals surface area (Å²) in [4.78, 5) is -1.49. The minimum Gasteiger partial charge on any atom is -0.744 e. The van der Waals surface area contributed by atoms with Crippen LogP contribution in [0, 0.1) is 0 Å². The molecule has 0 unspecified atom stereocenters. The van der Waals surface area contributed by atoms with Gasteiger partial charge >= 0.3 is 0 Å². The van der Waals surface area contributed by atoms with Crippen molar-refractivity contribution in [1.82, 2.24) is 0 Å². The Morgan fingerprint density at radius 2 is 1.70 bits per heavy atom. The van der Waals surface area contributed by atoms with Crippen molar-refractivity contribution in [2.75, 3.05) is 0 Å². The maximum absolute atomic E-state index is 11.0. The molecule has 0 atom stereocenters. The Morgan fingerprint density at radius 3 is 2.15 bits per heavy atom. The molecule has 0 fully saturated rings. The summed E-state index contributed by atoms with van der Waals surface area (Å²) in [6, 6.07) is 2.06. The van der Waals surface area contributed by atoms with Crippen LogP contribution in [0.3, 0.4) is 0 Å². The Hall–Kier alpha value is -2.02. The van der Waals surface area contributed by atoms with Gasteiger partial charge in [0.05, 0.1) is 16.0 Å². The molecule has 0 spiro atoms. The first-order valence-electron chi connectivity index (χ1n) is 4.69. The second-order valence-corrected chi connectivity index (χ2v) is 6.11. The van der Waals surface area contributed by atoms with Crippen molar-refractivity contribution in [3.05, 3.63) is 23.8 Å². The molecule has 0 bridgehead atoms. The predicted octanol–water partition coefficient (Wildman–Crippen LogP) is -1.90. The van der Waals surface area contributed by atoms with Gasteiger partial charge in [-0.3, -0.25) is 0 Å². The fourth-order valence-electron chi connectivity index (χ4n) is 1.17. The van der Waals surface area contributed by atoms with Gasteiger partial charge in [-0.25, -0.2) is 16.8 Å². The lowest BCUT2D eigenvalue weighted by atomic mass is 10.2. The second-order valence-electron chi connectivity index (χ2n) is 3.38. The van der Waals surface area contributed by atoms with E-state index in [0.29, 0.717) is 18.2 Å². The summed E-state index contributed by atoms with van der Waals surface area (Å²) in [5.74, 6) is -0.444. The molecule has 0 saturated heterocycles. The topological polar surface area (TPSA) is 191 Å². The van der Waals surface area contributed by atoms with Crippen molar-refractivity contribution >= 4 is 32.4 Å². The van der Waals surface area contributed by atoms with Gasteiger partial charge in [0.15, 0.2) is 0 Å². The highest BCUT2D eigenvalue weighted by Crippen LogP contribution is 2.18. The molecular weight excluding hydrogens is 312 g/mol. The van der Waals surface area contributed by atoms with Crippen molar-refractivity contribution in [3.63, 3.8) is 0 Å². The molecule has 0 heterocycles. The van der Waals surface area contributed by atoms with E-state index >= 15 is 0 Å². The monoisotopic (exact) mass is 320 g/mol. The highest BCUT2D eigenvalue weighted by Gasteiger charge is 2.11. The quantitative estimate of drug-likeness (QED) is 0.278. The normalized spacial score (nSPS) is 12.5. The maximum atomic E-state index is 11.0. The Kier molecular flexibility index (Phi) is 4.44. The summed E-state index contributed by atoms with van der Waals surface area (Å²) >= 11 is 0. The molecule has 0 saturated carbocycles. The summed E-state index contributed by atoms with van der Waals surface area (Å²) in [5, 5.41) is 6.40. The molecule has 0 aliphatic heterocycles. The van der Waals surface area contributed by atoms with Gasteiger partial charge in [0, 0.05) is 5.56 Å². The van der Waals surface area contributed by atoms with E-state index in [0.717, 1.165) is 6.21 Å². The van der Waals surface area contributed by atoms with E-state index in [9.17, 15) is 25.9 Å². The van der Waals surface area contributed by atoms with Gasteiger partial charge < -0.3 is 20.6 Å². The average Bonchev–Trinajstić information content (AvgIpc) is 2.25. The lowest BCUT2D eigenvalue weighted by Gasteiger charge is -2.13. The van der Waals surface area contributed by atoms with Crippen LogP contribution in [0.15, 0.2) is 38.2 Å². The fraction of sp³-hybridized carbons (Fsp3) is 0. The summed E-state index contributed by atoms with van der Waals surface area (Å²) in [6.07, 6.45) is 0.735. The third kappa shape index (κ3) is 4.27. The number of rotatable bonds is 4. The first kappa shape index (κ1) is 16.0. The van der Waals surface area contributed by atoms with E-state index in [1.54, 1.807) is 0 Å². The van der Waals surface area contributed by atoms with E-state index in [2.05, 4.69) is 10.2 Å². The van der Waals surface area contributed by atoms with Gasteiger partial charge in [-0.15, -0.1) is 5.10 Å². The van der Waals surface area contributed by atoms with Crippen LogP contribution in [0.5, 0.6) is 0 Å². The number of nitrogens with two attached hydrogens (primary N) is 2. The fourth-order valence-corrected chi connectivity index (χ4v) is 2.31. The summed E-state index contributed by atoms with van der Waals surface area (Å²) in [7, 11) is -9.72. The van der Waals surface area contributed by atoms with Gasteiger partial charge in [-0.05, 0) is 18.2 Å². The summed E-state index contributed by atoms with van der Waals surface area (Å²) in [6.45, 7) is 0. The molecule has 0 aromatic heterocycles. The molecule has 1 aromatic rings. The minimum atomic E-state index is -4.90. The largest absolute Gasteiger partial charge is 0.744 e. The molecule has 12 heteroatoms. The molecule has 10 nitrogen and oxygen atoms in total. The summed E-state index contributed by atoms with van der Waals surface area (Å²) in [5.41, 5.74) is 9.51. The van der Waals surface area contributed by atoms with Crippen molar-refractivity contribution in [2.45, 2.75) is 9.79 Å². The molecule has 0 aliphatic carbocycles. The minimum absolute atomic E-state index is 0.429. The van der Waals surface area contributed by atoms with Gasteiger partial charge in [0.1, 0.15) is 20.2 Å². The van der Waals surface area contributed by atoms with Crippen LogP contribution in [-0.4, -0.2) is 38.1 Å². The molecule has 4 N–H and O–H groups in total. The smallest absolute Gasteiger partial charge is 0.211 e. The molecule has 0 amide bonds. The Labute approximate surface area is 114 Å². The number of nitrogens with zero attached hydrogens (tertiary/aromatic N) is 2. The zero-order valence-electron chi connectivity index (χ0n) is 9.62. The van der Waals surface area contributed by atoms with Crippen molar-refractivity contribution < 1.29 is 25.9 Å². The molecule has 0 aliphatic rings. The van der Waals surface area contributed by atoms with Crippen LogP contribution in [0.1, 0.15) is 5.56 Å². The van der Waals surface area contributed by atoms with Crippen molar-refractivity contribution in [3.8, 4) is 0 Å². The first-order chi connectivity index (χ1) is 9.01. The van der Waals surface area contributed by atoms with E-state index in [1.165, 1.54) is 0 Å². The zero-order valence-corrected chi connectivity index (χ0v) is 11.3. The molecule has 1 aromatic carbocycles. The van der Waals surface area contributed by atoms with E-state index < -0.39 is 41.6 Å². The first-order valence-corrected chi connectivity index (χ1v) is 7.51. The van der Waals surface area contributed by atoms with Crippen LogP contribution in [0.4, 0.5) is 0 Å². The van der Waals surface area contributed by atoms with E-state index in [1.807, 2.05) is 0 Å². The van der Waals surface area contributed by atoms with E-state index in [4.69, 9.17) is 11.5 Å². The van der Waals surface area contributed by atoms with Gasteiger partial charge in [0.25, 0.3) is 0 Å². The van der Waals surface area contributed by atoms with Gasteiger partial charge in [-0.2, -0.15) is 5.10 Å². The molecule has 110 valence electrons. The summed E-state index contributed by atoms with van der Waals surface area (Å²) < 4.78 is 65.4. The number of hydrogen-bond acceptors (Lipinski definition) is 8. The molecule has 0 radical (unpaired) electrons. The van der Waals surface area contributed by atoms with Crippen molar-refractivity contribution in [1.29, 1.82) is 0 Å². The Morgan fingerprint density at radius 1 is 1.10 bits per heavy atom. The van der Waals surface area contributed by atoms with Crippen LogP contribution < -0.4 is 11.5 Å². The average molecular weight is 320 g/mol. The highest BCUT2D eigenvalue weighted by molar-refractivity contribution is 7.86. The predicted molar refractivity (Wildman–Crippen MR) is 65.8 cm³/mol. The van der Waals surface area contributed by atoms with E-state index in [-0.39, 0.29) is 0 Å². The van der Waals surface area contributed by atoms with Gasteiger partial charge in [0.2, 0.25) is 5.96 Å². The Bertz CT molecular complexity index is 777. The standard InChI is InChI=1S/C8H10N4O6S2/c9-8(10)12-11-4-5-3-6(19(13,14)15)1-2-7(5)20(16,17)18/h1-4H,(H4,9,10,12)(H,13,14,15)(H,16,17,18)/p-2. The number of hydrogen-bond donors (Lipinski definition) is 2. The SMILES string of the molecule is NC(N)=NN=Cc1cc(S(=O)(=O)[O-])ccc1S(=O)(=O)[O-]. The number of guanidine groups is 1. The third-order valence-corrected chi connectivity index (χ3v) is 3.65. The molecule has 1 rings (SSSR count). The van der Waals surface area contributed by atoms with Gasteiger partial charge in [-0.1, -0.05) is 0 Å². The lowest BCUT2D eigenvalue weighted by Crippen LogP contribution is -2.21. The van der Waals surface area contributed by atoms with Crippen LogP contribution >= 0.6 is 0 Å². The lowest BCUT2D eigenvalue weighted by molar-refractivity contribution is 0.458. The molecule has 20 heavy (non-hydrogen) atoms. The molecular formula is C8H8N4O6S2-2. The zero-order chi connectivity index (χ0) is 15.6.